The Hall–Kier alpha value is -0.610. The lowest BCUT2D eigenvalue weighted by Gasteiger charge is -1.91. The number of rotatable bonds is 0. The third kappa shape index (κ3) is 0.880. The van der Waals surface area contributed by atoms with E-state index >= 15 is 0 Å². The number of aliphatic hydroxyl groups excluding tert-OH is 1. The summed E-state index contributed by atoms with van der Waals surface area (Å²) in [7, 11) is 0. The Labute approximate surface area is 40.6 Å². The molecule has 0 bridgehead atoms. The molecule has 1 heterocycles. The molecule has 1 aliphatic rings. The molecule has 1 atom stereocenters. The predicted molar refractivity (Wildman–Crippen MR) is 22.6 cm³/mol. The van der Waals surface area contributed by atoms with E-state index in [9.17, 15) is 0 Å². The number of hydroxylamine groups is 1. The van der Waals surface area contributed by atoms with Gasteiger partial charge in [-0.15, -0.1) is 5.48 Å². The Balaban J connectivity index is 2.40. The summed E-state index contributed by atoms with van der Waals surface area (Å²) in [6.45, 7) is 0. The van der Waals surface area contributed by atoms with Crippen molar-refractivity contribution in [1.29, 1.82) is 5.41 Å². The van der Waals surface area contributed by atoms with E-state index in [0.29, 0.717) is 0 Å². The highest BCUT2D eigenvalue weighted by Gasteiger charge is 2.16. The van der Waals surface area contributed by atoms with E-state index in [1.165, 1.54) is 0 Å². The molecule has 40 valence electrons. The molecule has 0 aromatic heterocycles. The van der Waals surface area contributed by atoms with Crippen LogP contribution in [0.4, 0.5) is 0 Å². The maximum absolute atomic E-state index is 8.52. The Kier molecular flexibility index (Phi) is 0.958. The highest BCUT2D eigenvalue weighted by atomic mass is 16.7. The van der Waals surface area contributed by atoms with Crippen molar-refractivity contribution in [2.24, 2.45) is 0 Å². The van der Waals surface area contributed by atoms with Crippen molar-refractivity contribution in [3.8, 4) is 0 Å². The zero-order chi connectivity index (χ0) is 5.28. The number of aliphatic hydroxyl groups is 1. The predicted octanol–water partition coefficient (Wildman–Crippen LogP) is -0.793. The second kappa shape index (κ2) is 1.48. The molecule has 0 aromatic carbocycles. The quantitative estimate of drug-likeness (QED) is 0.375. The monoisotopic (exact) mass is 102 g/mol. The van der Waals surface area contributed by atoms with E-state index in [1.807, 2.05) is 0 Å². The molecule has 1 unspecified atom stereocenters. The SMILES string of the molecule is N=C1CC(O)NO1. The van der Waals surface area contributed by atoms with Gasteiger partial charge in [-0.1, -0.05) is 0 Å². The number of hydrogen-bond acceptors (Lipinski definition) is 4. The van der Waals surface area contributed by atoms with Crippen molar-refractivity contribution in [3.05, 3.63) is 0 Å². The van der Waals surface area contributed by atoms with Crippen LogP contribution in [0.15, 0.2) is 0 Å². The van der Waals surface area contributed by atoms with E-state index in [2.05, 4.69) is 10.3 Å². The van der Waals surface area contributed by atoms with Crippen LogP contribution in [0.1, 0.15) is 6.42 Å². The fourth-order valence-electron chi connectivity index (χ4n) is 0.398. The highest BCUT2D eigenvalue weighted by Crippen LogP contribution is 1.97. The molecule has 3 N–H and O–H groups in total. The molecule has 1 rings (SSSR count). The summed E-state index contributed by atoms with van der Waals surface area (Å²) < 4.78 is 0. The Morgan fingerprint density at radius 2 is 2.71 bits per heavy atom. The summed E-state index contributed by atoms with van der Waals surface area (Å²) in [5, 5.41) is 15.3. The standard InChI is InChI=1S/C3H6N2O2/c4-2-1-3(6)5-7-2/h3-6H,1H2. The topological polar surface area (TPSA) is 65.3 Å². The highest BCUT2D eigenvalue weighted by molar-refractivity contribution is 5.74. The van der Waals surface area contributed by atoms with Gasteiger partial charge in [-0.25, -0.2) is 0 Å². The summed E-state index contributed by atoms with van der Waals surface area (Å²) in [5.41, 5.74) is 2.20. The first-order valence-electron chi connectivity index (χ1n) is 1.97. The Bertz CT molecular complexity index is 92.9. The van der Waals surface area contributed by atoms with Crippen molar-refractivity contribution in [2.45, 2.75) is 12.6 Å². The first kappa shape index (κ1) is 4.55. The minimum absolute atomic E-state index is 0.0903. The normalized spacial score (nSPS) is 30.4. The fraction of sp³-hybridized carbons (Fsp3) is 0.667. The van der Waals surface area contributed by atoms with Gasteiger partial charge in [-0.05, 0) is 0 Å². The van der Waals surface area contributed by atoms with Gasteiger partial charge in [-0.3, -0.25) is 5.41 Å². The van der Waals surface area contributed by atoms with Gasteiger partial charge < -0.3 is 9.94 Å². The number of nitrogens with one attached hydrogen (secondary N) is 2. The lowest BCUT2D eigenvalue weighted by atomic mass is 10.4. The molecular weight excluding hydrogens is 96.0 g/mol. The molecule has 0 saturated carbocycles. The first-order chi connectivity index (χ1) is 3.29. The van der Waals surface area contributed by atoms with Crippen LogP contribution in [0.5, 0.6) is 0 Å². The molecule has 1 fully saturated rings. The molecule has 0 radical (unpaired) electrons. The van der Waals surface area contributed by atoms with Crippen LogP contribution >= 0.6 is 0 Å². The molecule has 4 heteroatoms. The van der Waals surface area contributed by atoms with Crippen molar-refractivity contribution in [3.63, 3.8) is 0 Å². The summed E-state index contributed by atoms with van der Waals surface area (Å²) >= 11 is 0. The molecule has 1 aliphatic heterocycles. The van der Waals surface area contributed by atoms with Crippen LogP contribution in [0.3, 0.4) is 0 Å². The van der Waals surface area contributed by atoms with Crippen LogP contribution in [-0.2, 0) is 4.84 Å². The third-order valence-electron chi connectivity index (χ3n) is 0.697. The molecule has 4 nitrogen and oxygen atoms in total. The van der Waals surface area contributed by atoms with Gasteiger partial charge in [0.1, 0.15) is 6.23 Å². The van der Waals surface area contributed by atoms with Crippen molar-refractivity contribution < 1.29 is 9.94 Å². The molecule has 7 heavy (non-hydrogen) atoms. The zero-order valence-corrected chi connectivity index (χ0v) is 3.64. The fourth-order valence-corrected chi connectivity index (χ4v) is 0.398. The average molecular weight is 102 g/mol. The van der Waals surface area contributed by atoms with Gasteiger partial charge in [0.05, 0.1) is 6.42 Å². The number of hydrogen-bond donors (Lipinski definition) is 3. The second-order valence-electron chi connectivity index (χ2n) is 1.36. The van der Waals surface area contributed by atoms with Crippen LogP contribution in [0.2, 0.25) is 0 Å². The van der Waals surface area contributed by atoms with Crippen LogP contribution in [0.25, 0.3) is 0 Å². The van der Waals surface area contributed by atoms with Crippen molar-refractivity contribution in [1.82, 2.24) is 5.48 Å². The smallest absolute Gasteiger partial charge is 0.210 e. The molecule has 1 saturated heterocycles. The van der Waals surface area contributed by atoms with Gasteiger partial charge >= 0.3 is 0 Å². The van der Waals surface area contributed by atoms with Crippen LogP contribution in [0, 0.1) is 5.41 Å². The van der Waals surface area contributed by atoms with Crippen LogP contribution in [-0.4, -0.2) is 17.2 Å². The maximum atomic E-state index is 8.52. The van der Waals surface area contributed by atoms with E-state index in [0.717, 1.165) is 0 Å². The molecule has 0 amide bonds. The van der Waals surface area contributed by atoms with E-state index < -0.39 is 6.23 Å². The third-order valence-corrected chi connectivity index (χ3v) is 0.697. The first-order valence-corrected chi connectivity index (χ1v) is 1.97. The molecule has 0 aromatic rings. The summed E-state index contributed by atoms with van der Waals surface area (Å²) in [6.07, 6.45) is -0.396. The summed E-state index contributed by atoms with van der Waals surface area (Å²) in [4.78, 5) is 4.35. The van der Waals surface area contributed by atoms with Crippen molar-refractivity contribution >= 4 is 5.90 Å². The minimum atomic E-state index is -0.674. The van der Waals surface area contributed by atoms with E-state index in [-0.39, 0.29) is 12.3 Å². The average Bonchev–Trinajstić information content (AvgIpc) is 1.87. The van der Waals surface area contributed by atoms with Gasteiger partial charge in [-0.2, -0.15) is 0 Å². The largest absolute Gasteiger partial charge is 0.391 e. The zero-order valence-electron chi connectivity index (χ0n) is 3.64. The van der Waals surface area contributed by atoms with Gasteiger partial charge in [0, 0.05) is 0 Å². The minimum Gasteiger partial charge on any atom is -0.391 e. The van der Waals surface area contributed by atoms with Crippen molar-refractivity contribution in [2.75, 3.05) is 0 Å². The van der Waals surface area contributed by atoms with E-state index in [1.54, 1.807) is 0 Å². The van der Waals surface area contributed by atoms with Gasteiger partial charge in [0.15, 0.2) is 0 Å². The summed E-state index contributed by atoms with van der Waals surface area (Å²) in [5.74, 6) is 0.0903. The summed E-state index contributed by atoms with van der Waals surface area (Å²) in [6, 6.07) is 0. The Morgan fingerprint density at radius 1 is 2.00 bits per heavy atom. The second-order valence-corrected chi connectivity index (χ2v) is 1.36. The molecular formula is C3H6N2O2. The molecule has 0 aliphatic carbocycles. The lowest BCUT2D eigenvalue weighted by Crippen LogP contribution is -2.18. The van der Waals surface area contributed by atoms with Crippen LogP contribution < -0.4 is 5.48 Å². The molecule has 0 spiro atoms. The maximum Gasteiger partial charge on any atom is 0.210 e. The van der Waals surface area contributed by atoms with E-state index in [4.69, 9.17) is 10.5 Å². The Morgan fingerprint density at radius 3 is 2.86 bits per heavy atom. The van der Waals surface area contributed by atoms with Gasteiger partial charge in [0.2, 0.25) is 5.90 Å². The lowest BCUT2D eigenvalue weighted by molar-refractivity contribution is 0.0588. The van der Waals surface area contributed by atoms with Gasteiger partial charge in [0.25, 0.3) is 0 Å².